The molecule has 4 heterocycles. The third kappa shape index (κ3) is 11.1. The quantitative estimate of drug-likeness (QED) is 0.0924. The topological polar surface area (TPSA) is 296 Å². The summed E-state index contributed by atoms with van der Waals surface area (Å²) in [6, 6.07) is 8.60. The lowest BCUT2D eigenvalue weighted by molar-refractivity contribution is -0.373. The number of rotatable bonds is 16. The van der Waals surface area contributed by atoms with E-state index in [1.54, 1.807) is 65.3 Å². The van der Waals surface area contributed by atoms with E-state index < -0.39 is 158 Å². The van der Waals surface area contributed by atoms with Gasteiger partial charge < -0.3 is 97.3 Å². The Morgan fingerprint density at radius 3 is 1.89 bits per heavy atom. The SMILES string of the molecule is CO[C@@H]1[C@@H](O)[C@H](O[C@@H]2[C@@H](C)O[C@@H](O[C@H]3[C@@H](OC)C[C@H](O[C@H]4CC[C@@]5(C)C(CC[C@@H]6[C@@H]5C[C@@H](OC(C)=O)[C@]5(C)[C@](O)(C(C)OC(=O)c7ccccc7)CC[C@]65O)C4)O[C@@H]3C)C[C@H]2OC)O[C@H](C)[C@H]1O[C@@H]1O[C@H](CO)[C@@H](O)[C@H](O)[C@H]1O. The van der Waals surface area contributed by atoms with E-state index in [1.165, 1.54) is 14.0 Å². The van der Waals surface area contributed by atoms with E-state index in [9.17, 15) is 45.3 Å². The van der Waals surface area contributed by atoms with Crippen LogP contribution in [0, 0.1) is 28.6 Å². The van der Waals surface area contributed by atoms with Crippen molar-refractivity contribution in [3.05, 3.63) is 35.9 Å². The molecule has 8 fully saturated rings. The van der Waals surface area contributed by atoms with E-state index in [-0.39, 0.29) is 48.5 Å². The molecule has 0 amide bonds. The molecule has 2 unspecified atom stereocenters. The summed E-state index contributed by atoms with van der Waals surface area (Å²) in [6.07, 6.45) is -14.5. The first-order chi connectivity index (χ1) is 37.5. The van der Waals surface area contributed by atoms with Gasteiger partial charge in [-0.1, -0.05) is 32.0 Å². The minimum absolute atomic E-state index is 0.0206. The second-order valence-corrected chi connectivity index (χ2v) is 24.3. The van der Waals surface area contributed by atoms with E-state index in [4.69, 9.17) is 61.6 Å². The van der Waals surface area contributed by atoms with E-state index in [0.29, 0.717) is 24.8 Å². The van der Waals surface area contributed by atoms with Crippen molar-refractivity contribution in [1.82, 2.24) is 0 Å². The third-order valence-electron chi connectivity index (χ3n) is 20.3. The normalized spacial score (nSPS) is 49.4. The van der Waals surface area contributed by atoms with Crippen LogP contribution in [0.2, 0.25) is 0 Å². The van der Waals surface area contributed by atoms with Crippen LogP contribution >= 0.6 is 0 Å². The van der Waals surface area contributed by atoms with Crippen LogP contribution in [0.5, 0.6) is 0 Å². The Balaban J connectivity index is 0.792. The van der Waals surface area contributed by atoms with Crippen molar-refractivity contribution in [2.24, 2.45) is 28.6 Å². The van der Waals surface area contributed by atoms with Crippen LogP contribution in [0.3, 0.4) is 0 Å². The highest BCUT2D eigenvalue weighted by Gasteiger charge is 2.77. The van der Waals surface area contributed by atoms with Gasteiger partial charge in [0.05, 0.1) is 59.8 Å². The van der Waals surface area contributed by atoms with Gasteiger partial charge in [0.1, 0.15) is 72.7 Å². The first kappa shape index (κ1) is 61.0. The van der Waals surface area contributed by atoms with Gasteiger partial charge in [-0.2, -0.15) is 0 Å². The highest BCUT2D eigenvalue weighted by atomic mass is 16.8. The number of benzene rings is 1. The molecule has 8 aliphatic rings. The van der Waals surface area contributed by atoms with E-state index >= 15 is 0 Å². The minimum Gasteiger partial charge on any atom is -0.462 e. The number of carbonyl (C=O) groups excluding carboxylic acids is 2. The molecular formula is C57H88O22. The van der Waals surface area contributed by atoms with Gasteiger partial charge in [0.2, 0.25) is 0 Å². The van der Waals surface area contributed by atoms with Gasteiger partial charge in [-0.3, -0.25) is 4.79 Å². The van der Waals surface area contributed by atoms with Gasteiger partial charge in [0, 0.05) is 41.1 Å². The highest BCUT2D eigenvalue weighted by Crippen LogP contribution is 2.71. The molecule has 79 heavy (non-hydrogen) atoms. The number of carbonyl (C=O) groups is 2. The van der Waals surface area contributed by atoms with Crippen molar-refractivity contribution in [1.29, 1.82) is 0 Å². The minimum atomic E-state index is -1.68. The lowest BCUT2D eigenvalue weighted by atomic mass is 9.42. The largest absolute Gasteiger partial charge is 0.462 e. The molecule has 448 valence electrons. The van der Waals surface area contributed by atoms with E-state index in [0.717, 1.165) is 25.7 Å². The standard InChI is InChI=1S/C57H88O22/c1-27-47(77-42-25-38(68-9)48(28(2)71-42)78-53-46(63)50(69-10)49(29(3)72-53)79-52-45(62)44(61)43(60)39(26-58)76-52)37(67-8)24-41(70-27)75-34-18-19-54(6)33(22-34)16-17-35-36(54)23-40(74-31(5)59)55(7)56(65,20-21-57(35,55)66)30(4)73-51(64)32-14-12-11-13-15-32/h11-15,27-30,33-50,52-53,58,60-63,65-66H,16-26H2,1-10H3/t27-,28-,29-,30?,33?,34+,35-,36+,37+,38-,39-,40-,41+,42+,43-,44+,45-,46-,47-,48-,49-,50-,52+,53+,54+,55-,56-,57+/m1/s1. The Morgan fingerprint density at radius 2 is 1.27 bits per heavy atom. The van der Waals surface area contributed by atoms with Gasteiger partial charge in [-0.15, -0.1) is 0 Å². The summed E-state index contributed by atoms with van der Waals surface area (Å²) in [5.74, 6) is -1.05. The zero-order valence-corrected chi connectivity index (χ0v) is 47.3. The molecule has 4 aliphatic carbocycles. The zero-order valence-electron chi connectivity index (χ0n) is 47.3. The van der Waals surface area contributed by atoms with Crippen molar-refractivity contribution in [3.63, 3.8) is 0 Å². The first-order valence-electron chi connectivity index (χ1n) is 28.5. The molecule has 0 radical (unpaired) electrons. The van der Waals surface area contributed by atoms with Crippen LogP contribution in [-0.4, -0.2) is 216 Å². The fourth-order valence-electron chi connectivity index (χ4n) is 15.7. The molecule has 1 aromatic carbocycles. The number of ether oxygens (including phenoxy) is 13. The Bertz CT molecular complexity index is 2210. The molecule has 0 aromatic heterocycles. The Hall–Kier alpha value is -2.56. The lowest BCUT2D eigenvalue weighted by Crippen LogP contribution is -2.72. The number of hydrogen-bond donors (Lipinski definition) is 7. The predicted octanol–water partition coefficient (Wildman–Crippen LogP) is 2.42. The molecule has 4 aliphatic heterocycles. The van der Waals surface area contributed by atoms with Crippen molar-refractivity contribution in [3.8, 4) is 0 Å². The maximum absolute atomic E-state index is 13.3. The van der Waals surface area contributed by atoms with Gasteiger partial charge in [0.15, 0.2) is 25.2 Å². The molecule has 22 heteroatoms. The first-order valence-corrected chi connectivity index (χ1v) is 28.5. The summed E-state index contributed by atoms with van der Waals surface area (Å²) >= 11 is 0. The molecule has 7 N–H and O–H groups in total. The molecule has 28 atom stereocenters. The number of esters is 2. The van der Waals surface area contributed by atoms with Crippen LogP contribution in [0.4, 0.5) is 0 Å². The molecule has 4 saturated heterocycles. The van der Waals surface area contributed by atoms with Gasteiger partial charge in [-0.25, -0.2) is 4.79 Å². The maximum Gasteiger partial charge on any atom is 0.338 e. The average Bonchev–Trinajstić information content (AvgIpc) is 2.28. The molecule has 1 aromatic rings. The van der Waals surface area contributed by atoms with Crippen LogP contribution in [0.1, 0.15) is 123 Å². The van der Waals surface area contributed by atoms with Gasteiger partial charge in [0.25, 0.3) is 0 Å². The lowest BCUT2D eigenvalue weighted by Gasteiger charge is -2.66. The van der Waals surface area contributed by atoms with Crippen LogP contribution < -0.4 is 0 Å². The molecule has 0 bridgehead atoms. The summed E-state index contributed by atoms with van der Waals surface area (Å²) < 4.78 is 80.3. The summed E-state index contributed by atoms with van der Waals surface area (Å²) in [4.78, 5) is 26.2. The average molecular weight is 1130 g/mol. The summed E-state index contributed by atoms with van der Waals surface area (Å²) in [5, 5.41) is 78.3. The number of aliphatic hydroxyl groups excluding tert-OH is 5. The summed E-state index contributed by atoms with van der Waals surface area (Å²) in [7, 11) is 4.54. The molecular weight excluding hydrogens is 1040 g/mol. The second kappa shape index (κ2) is 24.2. The fourth-order valence-corrected chi connectivity index (χ4v) is 15.7. The Morgan fingerprint density at radius 1 is 0.658 bits per heavy atom. The molecule has 4 saturated carbocycles. The molecule has 0 spiro atoms. The smallest absolute Gasteiger partial charge is 0.338 e. The molecule has 22 nitrogen and oxygen atoms in total. The van der Waals surface area contributed by atoms with Gasteiger partial charge >= 0.3 is 11.9 Å². The number of fused-ring (bicyclic) bond motifs is 5. The monoisotopic (exact) mass is 1120 g/mol. The summed E-state index contributed by atoms with van der Waals surface area (Å²) in [6.45, 7) is 11.9. The van der Waals surface area contributed by atoms with Crippen molar-refractivity contribution in [2.45, 2.75) is 253 Å². The van der Waals surface area contributed by atoms with Crippen molar-refractivity contribution < 1.29 is 107 Å². The van der Waals surface area contributed by atoms with E-state index in [1.807, 2.05) is 13.8 Å². The maximum atomic E-state index is 13.3. The van der Waals surface area contributed by atoms with E-state index in [2.05, 4.69) is 6.92 Å². The number of aliphatic hydroxyl groups is 7. The molecule has 9 rings (SSSR count). The van der Waals surface area contributed by atoms with Crippen LogP contribution in [0.15, 0.2) is 30.3 Å². The van der Waals surface area contributed by atoms with Crippen LogP contribution in [-0.2, 0) is 66.4 Å². The van der Waals surface area contributed by atoms with Crippen molar-refractivity contribution >= 4 is 11.9 Å². The van der Waals surface area contributed by atoms with Crippen molar-refractivity contribution in [2.75, 3.05) is 27.9 Å². The highest BCUT2D eigenvalue weighted by molar-refractivity contribution is 5.89. The fraction of sp³-hybridized carbons (Fsp3) is 0.860. The predicted molar refractivity (Wildman–Crippen MR) is 274 cm³/mol. The Labute approximate surface area is 462 Å². The summed E-state index contributed by atoms with van der Waals surface area (Å²) in [5.41, 5.74) is -4.30. The number of methoxy groups -OCH3 is 3. The third-order valence-corrected chi connectivity index (χ3v) is 20.3. The Kier molecular flexibility index (Phi) is 18.7. The number of hydrogen-bond acceptors (Lipinski definition) is 22. The van der Waals surface area contributed by atoms with Gasteiger partial charge in [-0.05, 0) is 114 Å². The van der Waals surface area contributed by atoms with Crippen LogP contribution in [0.25, 0.3) is 0 Å². The zero-order chi connectivity index (χ0) is 57.1. The second-order valence-electron chi connectivity index (χ2n) is 24.3.